The van der Waals surface area contributed by atoms with E-state index in [4.69, 9.17) is 26.7 Å². The van der Waals surface area contributed by atoms with E-state index in [0.717, 1.165) is 10.9 Å². The number of hydrogen-bond acceptors (Lipinski definition) is 18. The highest BCUT2D eigenvalue weighted by Gasteiger charge is 2.49. The highest BCUT2D eigenvalue weighted by molar-refractivity contribution is 7.61. The lowest BCUT2D eigenvalue weighted by Crippen LogP contribution is -2.57. The van der Waals surface area contributed by atoms with Crippen LogP contribution < -0.4 is 22.8 Å². The second-order valence-electron chi connectivity index (χ2n) is 13.2. The van der Waals surface area contributed by atoms with E-state index in [9.17, 15) is 49.2 Å². The summed E-state index contributed by atoms with van der Waals surface area (Å²) in [5.41, 5.74) is 15.9. The Morgan fingerprint density at radius 3 is 1.98 bits per heavy atom. The summed E-state index contributed by atoms with van der Waals surface area (Å²) < 4.78 is 49.3. The van der Waals surface area contributed by atoms with Crippen molar-refractivity contribution in [3.63, 3.8) is 0 Å². The summed E-state index contributed by atoms with van der Waals surface area (Å²) in [6.07, 6.45) is -0.514. The third-order valence-corrected chi connectivity index (χ3v) is 11.6. The van der Waals surface area contributed by atoms with Gasteiger partial charge in [-0.1, -0.05) is 38.5 Å². The van der Waals surface area contributed by atoms with Crippen LogP contribution in [-0.2, 0) is 32.0 Å². The van der Waals surface area contributed by atoms with Gasteiger partial charge in [0.05, 0.1) is 19.0 Å². The molecule has 2 saturated heterocycles. The highest BCUT2D eigenvalue weighted by Crippen LogP contribution is 2.61. The van der Waals surface area contributed by atoms with Crippen LogP contribution >= 0.6 is 15.6 Å². The maximum Gasteiger partial charge on any atom is 0.483 e. The van der Waals surface area contributed by atoms with E-state index in [1.54, 1.807) is 0 Å². The van der Waals surface area contributed by atoms with Crippen molar-refractivity contribution in [2.75, 3.05) is 12.3 Å². The molecule has 2 unspecified atom stereocenters. The van der Waals surface area contributed by atoms with Crippen molar-refractivity contribution < 1.29 is 67.3 Å². The van der Waals surface area contributed by atoms with Crippen LogP contribution in [0.15, 0.2) is 11.1 Å². The van der Waals surface area contributed by atoms with Gasteiger partial charge in [0, 0.05) is 12.1 Å². The van der Waals surface area contributed by atoms with Gasteiger partial charge in [-0.2, -0.15) is 9.29 Å². The number of fused-ring (bicyclic) bond motifs is 1. The first kappa shape index (κ1) is 42.8. The van der Waals surface area contributed by atoms with E-state index >= 15 is 0 Å². The Bertz CT molecular complexity index is 1570. The van der Waals surface area contributed by atoms with Gasteiger partial charge in [-0.3, -0.25) is 23.4 Å². The lowest BCUT2D eigenvalue weighted by Gasteiger charge is -2.38. The van der Waals surface area contributed by atoms with Crippen molar-refractivity contribution in [2.24, 2.45) is 11.5 Å². The quantitative estimate of drug-likeness (QED) is 0.142. The molecule has 0 radical (unpaired) electrons. The number of nitrogens with one attached hydrogen (secondary N) is 1. The number of rotatable bonds is 8. The van der Waals surface area contributed by atoms with Crippen molar-refractivity contribution in [2.45, 2.75) is 138 Å². The fourth-order valence-electron chi connectivity index (χ4n) is 6.07. The third-order valence-electron chi connectivity index (χ3n) is 9.02. The van der Waals surface area contributed by atoms with Gasteiger partial charge in [-0.05, 0) is 32.6 Å². The number of phosphoric acid groups is 2. The Morgan fingerprint density at radius 2 is 1.44 bits per heavy atom. The number of aromatic amines is 1. The molecule has 2 aromatic heterocycles. The van der Waals surface area contributed by atoms with Crippen molar-refractivity contribution in [3.8, 4) is 0 Å². The lowest BCUT2D eigenvalue weighted by molar-refractivity contribution is -0.271. The van der Waals surface area contributed by atoms with Crippen LogP contribution in [0.25, 0.3) is 11.2 Å². The van der Waals surface area contributed by atoms with Crippen molar-refractivity contribution in [1.29, 1.82) is 0 Å². The van der Waals surface area contributed by atoms with Crippen LogP contribution in [0.2, 0.25) is 0 Å². The monoisotopic (exact) mass is 787 g/mol. The number of ether oxygens (including phenoxy) is 2. The number of nitrogens with two attached hydrogens (primary N) is 3. The van der Waals surface area contributed by atoms with Crippen molar-refractivity contribution in [3.05, 3.63) is 16.7 Å². The van der Waals surface area contributed by atoms with Crippen LogP contribution in [0, 0.1) is 0 Å². The van der Waals surface area contributed by atoms with Gasteiger partial charge in [0.2, 0.25) is 5.95 Å². The number of nitrogens with zero attached hydrogens (tertiary/aromatic N) is 3. The molecule has 52 heavy (non-hydrogen) atoms. The molecule has 4 aliphatic rings. The molecular formula is C28H51N7O15P2. The SMILES string of the molecule is C[C@@H]1O[C@H](OP(=O)(O)OP(=O)(O)OC[C@H]2O[C@@H](n3cnc4c(=O)[nH]c(N)nc43)[C@H](O)[C@@H]2O)[C@@H](O)[C@H](O)[C@@H]1O.NC1CCCCC1.NC1CCCCC1. The Balaban J connectivity index is 0.000000356. The third kappa shape index (κ3) is 11.5. The molecule has 2 aliphatic carbocycles. The van der Waals surface area contributed by atoms with Crippen LogP contribution in [0.5, 0.6) is 0 Å². The van der Waals surface area contributed by atoms with Gasteiger partial charge in [0.25, 0.3) is 5.56 Å². The molecule has 0 spiro atoms. The fourth-order valence-corrected chi connectivity index (χ4v) is 8.22. The van der Waals surface area contributed by atoms with Crippen LogP contribution in [0.1, 0.15) is 77.4 Å². The zero-order valence-corrected chi connectivity index (χ0v) is 30.4. The Morgan fingerprint density at radius 1 is 0.865 bits per heavy atom. The molecule has 11 atom stereocenters. The molecule has 2 saturated carbocycles. The highest BCUT2D eigenvalue weighted by atomic mass is 31.3. The lowest BCUT2D eigenvalue weighted by atomic mass is 9.97. The normalized spacial score (nSPS) is 34.0. The standard InChI is InChI=1S/C16H25N5O15P2.2C6H13N/c1-4-7(22)9(24)11(26)15(33-4)35-38(30,31)36-37(28,29)32-2-5-8(23)10(25)14(34-5)21-3-18-6-12(21)19-16(17)20-13(6)27;2*7-6-4-2-1-3-5-6/h3-5,7-11,14-15,22-26H,2H2,1H3,(H,28,29)(H,30,31)(H3,17,19,20,27);2*6H,1-5,7H2/t4-,5+,7+,8+,9+,10+,11-,14+,15+;;/m0../s1. The number of imidazole rings is 1. The molecule has 0 bridgehead atoms. The molecule has 2 aromatic rings. The van der Waals surface area contributed by atoms with Gasteiger partial charge in [-0.15, -0.1) is 0 Å². The minimum Gasteiger partial charge on any atom is -0.388 e. The topological polar surface area (TPSA) is 364 Å². The number of aromatic nitrogens is 4. The number of phosphoric ester groups is 2. The predicted octanol–water partition coefficient (Wildman–Crippen LogP) is -1.05. The summed E-state index contributed by atoms with van der Waals surface area (Å²) in [7, 11) is -10.9. The maximum absolute atomic E-state index is 12.3. The molecule has 2 aliphatic heterocycles. The molecule has 0 amide bonds. The number of aliphatic hydroxyl groups excluding tert-OH is 5. The number of H-pyrrole nitrogens is 1. The van der Waals surface area contributed by atoms with Gasteiger partial charge < -0.3 is 62.0 Å². The summed E-state index contributed by atoms with van der Waals surface area (Å²) in [5.74, 6) is -0.266. The molecule has 24 heteroatoms. The zero-order chi connectivity index (χ0) is 38.4. The summed E-state index contributed by atoms with van der Waals surface area (Å²) >= 11 is 0. The number of hydrogen-bond donors (Lipinski definition) is 11. The fraction of sp³-hybridized carbons (Fsp3) is 0.821. The first-order chi connectivity index (χ1) is 24.4. The molecule has 6 rings (SSSR count). The smallest absolute Gasteiger partial charge is 0.388 e. The molecule has 22 nitrogen and oxygen atoms in total. The molecular weight excluding hydrogens is 736 g/mol. The van der Waals surface area contributed by atoms with E-state index in [0.29, 0.717) is 12.1 Å². The summed E-state index contributed by atoms with van der Waals surface area (Å²) in [4.78, 5) is 41.7. The number of nitrogen functional groups attached to an aromatic ring is 1. The molecule has 4 fully saturated rings. The molecule has 14 N–H and O–H groups in total. The summed E-state index contributed by atoms with van der Waals surface area (Å²) in [6, 6.07) is 1.07. The van der Waals surface area contributed by atoms with Gasteiger partial charge in [0.1, 0.15) is 36.6 Å². The molecule has 0 aromatic carbocycles. The maximum atomic E-state index is 12.3. The number of anilines is 1. The first-order valence-corrected chi connectivity index (χ1v) is 20.0. The molecule has 4 heterocycles. The van der Waals surface area contributed by atoms with E-state index < -0.39 is 83.1 Å². The number of aliphatic hydroxyl groups is 5. The second-order valence-corrected chi connectivity index (χ2v) is 16.2. The van der Waals surface area contributed by atoms with Crippen molar-refractivity contribution >= 4 is 32.8 Å². The zero-order valence-electron chi connectivity index (χ0n) is 28.6. The van der Waals surface area contributed by atoms with Gasteiger partial charge >= 0.3 is 15.6 Å². The minimum absolute atomic E-state index is 0.0994. The molecule has 298 valence electrons. The largest absolute Gasteiger partial charge is 0.483 e. The Kier molecular flexibility index (Phi) is 15.3. The second kappa shape index (κ2) is 18.6. The van der Waals surface area contributed by atoms with Crippen LogP contribution in [0.4, 0.5) is 5.95 Å². The Labute approximate surface area is 298 Å². The van der Waals surface area contributed by atoms with Gasteiger partial charge in [-0.25, -0.2) is 14.1 Å². The first-order valence-electron chi connectivity index (χ1n) is 17.0. The minimum atomic E-state index is -5.50. The van der Waals surface area contributed by atoms with Gasteiger partial charge in [0.15, 0.2) is 23.7 Å². The predicted molar refractivity (Wildman–Crippen MR) is 181 cm³/mol. The van der Waals surface area contributed by atoms with Crippen molar-refractivity contribution in [1.82, 2.24) is 19.5 Å². The Hall–Kier alpha value is -1.95. The van der Waals surface area contributed by atoms with E-state index in [2.05, 4.69) is 28.3 Å². The average molecular weight is 788 g/mol. The van der Waals surface area contributed by atoms with E-state index in [1.807, 2.05) is 0 Å². The average Bonchev–Trinajstić information content (AvgIpc) is 3.62. The van der Waals surface area contributed by atoms with E-state index in [1.165, 1.54) is 71.1 Å². The summed E-state index contributed by atoms with van der Waals surface area (Å²) in [5, 5.41) is 50.0. The summed E-state index contributed by atoms with van der Waals surface area (Å²) in [6.45, 7) is 0.291. The van der Waals surface area contributed by atoms with Crippen LogP contribution in [0.3, 0.4) is 0 Å². The van der Waals surface area contributed by atoms with Crippen LogP contribution in [-0.4, -0.2) is 123 Å². The van der Waals surface area contributed by atoms with E-state index in [-0.39, 0.29) is 17.1 Å².